The number of aromatic nitrogens is 1. The summed E-state index contributed by atoms with van der Waals surface area (Å²) in [6.45, 7) is 4.00. The third-order valence-corrected chi connectivity index (χ3v) is 2.55. The number of methoxy groups -OCH3 is 1. The third kappa shape index (κ3) is 2.67. The van der Waals surface area contributed by atoms with Gasteiger partial charge in [0.05, 0.1) is 12.1 Å². The van der Waals surface area contributed by atoms with Crippen LogP contribution in [0, 0.1) is 6.92 Å². The zero-order valence-electron chi connectivity index (χ0n) is 9.53. The zero-order valence-corrected chi connectivity index (χ0v) is 9.53. The number of pyridine rings is 1. The van der Waals surface area contributed by atoms with E-state index in [1.165, 1.54) is 0 Å². The average Bonchev–Trinajstić information content (AvgIpc) is 2.23. The fourth-order valence-corrected chi connectivity index (χ4v) is 1.64. The first-order chi connectivity index (χ1) is 7.10. The van der Waals surface area contributed by atoms with Gasteiger partial charge in [0.25, 0.3) is 0 Å². The van der Waals surface area contributed by atoms with E-state index in [-0.39, 0.29) is 12.1 Å². The minimum atomic E-state index is -0.215. The van der Waals surface area contributed by atoms with Crippen molar-refractivity contribution < 1.29 is 4.74 Å². The molecule has 0 aliphatic heterocycles. The Bertz CT molecular complexity index is 324. The number of rotatable bonds is 4. The maximum atomic E-state index is 6.08. The summed E-state index contributed by atoms with van der Waals surface area (Å²) in [5.74, 6) is 0.489. The minimum absolute atomic E-state index is 0.0177. The molecule has 15 heavy (non-hydrogen) atoms. The second-order valence-corrected chi connectivity index (χ2v) is 3.70. The van der Waals surface area contributed by atoms with Gasteiger partial charge in [0.15, 0.2) is 0 Å². The van der Waals surface area contributed by atoms with Gasteiger partial charge in [-0.05, 0) is 25.0 Å². The van der Waals surface area contributed by atoms with Gasteiger partial charge in [-0.1, -0.05) is 6.92 Å². The maximum absolute atomic E-state index is 6.08. The molecule has 0 bridgehead atoms. The van der Waals surface area contributed by atoms with Crippen LogP contribution in [-0.2, 0) is 4.74 Å². The Hall–Kier alpha value is -1.13. The van der Waals surface area contributed by atoms with Crippen molar-refractivity contribution in [1.29, 1.82) is 0 Å². The first-order valence-corrected chi connectivity index (χ1v) is 5.10. The van der Waals surface area contributed by atoms with Crippen LogP contribution in [0.4, 0.5) is 5.82 Å². The van der Waals surface area contributed by atoms with E-state index in [4.69, 9.17) is 16.2 Å². The van der Waals surface area contributed by atoms with Crippen LogP contribution in [0.3, 0.4) is 0 Å². The lowest BCUT2D eigenvalue weighted by Crippen LogP contribution is -2.28. The molecule has 4 heteroatoms. The van der Waals surface area contributed by atoms with Crippen molar-refractivity contribution in [2.45, 2.75) is 32.4 Å². The highest BCUT2D eigenvalue weighted by Gasteiger charge is 2.19. The highest BCUT2D eigenvalue weighted by atomic mass is 16.5. The van der Waals surface area contributed by atoms with Crippen molar-refractivity contribution in [3.8, 4) is 0 Å². The molecule has 1 aromatic heterocycles. The van der Waals surface area contributed by atoms with E-state index < -0.39 is 0 Å². The summed E-state index contributed by atoms with van der Waals surface area (Å²) in [5, 5.41) is 0. The first-order valence-electron chi connectivity index (χ1n) is 5.10. The summed E-state index contributed by atoms with van der Waals surface area (Å²) < 4.78 is 5.30. The molecule has 0 fully saturated rings. The molecular formula is C11H19N3O. The summed E-state index contributed by atoms with van der Waals surface area (Å²) in [6, 6.07) is 1.75. The molecule has 2 unspecified atom stereocenters. The summed E-state index contributed by atoms with van der Waals surface area (Å²) in [5.41, 5.74) is 13.8. The topological polar surface area (TPSA) is 74.2 Å². The molecule has 2 atom stereocenters. The molecule has 1 rings (SSSR count). The average molecular weight is 209 g/mol. The predicted molar refractivity (Wildman–Crippen MR) is 61.4 cm³/mol. The van der Waals surface area contributed by atoms with Gasteiger partial charge in [-0.2, -0.15) is 0 Å². The number of aryl methyl sites for hydroxylation is 1. The molecule has 0 aliphatic carbocycles. The van der Waals surface area contributed by atoms with Gasteiger partial charge in [0, 0.05) is 18.9 Å². The lowest BCUT2D eigenvalue weighted by molar-refractivity contribution is 0.0773. The molecule has 4 nitrogen and oxygen atoms in total. The molecule has 1 aromatic rings. The number of nitrogens with zero attached hydrogens (tertiary/aromatic N) is 1. The van der Waals surface area contributed by atoms with Crippen LogP contribution in [0.5, 0.6) is 0 Å². The van der Waals surface area contributed by atoms with Crippen molar-refractivity contribution in [1.82, 2.24) is 4.98 Å². The molecule has 0 aromatic carbocycles. The SMILES string of the molecule is CCC(OC)C(N)c1cc(C)cnc1N. The number of nitrogens with two attached hydrogens (primary N) is 2. The normalized spacial score (nSPS) is 14.9. The number of nitrogen functional groups attached to an aromatic ring is 1. The van der Waals surface area contributed by atoms with E-state index in [0.29, 0.717) is 5.82 Å². The Morgan fingerprint density at radius 3 is 2.73 bits per heavy atom. The van der Waals surface area contributed by atoms with Gasteiger partial charge in [-0.15, -0.1) is 0 Å². The third-order valence-electron chi connectivity index (χ3n) is 2.55. The van der Waals surface area contributed by atoms with Crippen molar-refractivity contribution in [3.63, 3.8) is 0 Å². The first kappa shape index (κ1) is 11.9. The molecular weight excluding hydrogens is 190 g/mol. The van der Waals surface area contributed by atoms with E-state index in [9.17, 15) is 0 Å². The summed E-state index contributed by atoms with van der Waals surface area (Å²) in [4.78, 5) is 4.09. The lowest BCUT2D eigenvalue weighted by Gasteiger charge is -2.22. The molecule has 0 saturated heterocycles. The van der Waals surface area contributed by atoms with Gasteiger partial charge in [0.2, 0.25) is 0 Å². The highest BCUT2D eigenvalue weighted by molar-refractivity contribution is 5.43. The Morgan fingerprint density at radius 1 is 1.53 bits per heavy atom. The van der Waals surface area contributed by atoms with Crippen LogP contribution in [0.2, 0.25) is 0 Å². The molecule has 1 heterocycles. The van der Waals surface area contributed by atoms with E-state index in [0.717, 1.165) is 17.5 Å². The molecule has 0 amide bonds. The van der Waals surface area contributed by atoms with Crippen molar-refractivity contribution in [2.24, 2.45) is 5.73 Å². The fraction of sp³-hybridized carbons (Fsp3) is 0.545. The molecule has 0 spiro atoms. The fourth-order valence-electron chi connectivity index (χ4n) is 1.64. The van der Waals surface area contributed by atoms with E-state index in [1.54, 1.807) is 13.3 Å². The van der Waals surface area contributed by atoms with Gasteiger partial charge >= 0.3 is 0 Å². The molecule has 0 aliphatic rings. The Balaban J connectivity index is 2.98. The summed E-state index contributed by atoms with van der Waals surface area (Å²) >= 11 is 0. The second-order valence-electron chi connectivity index (χ2n) is 3.70. The smallest absolute Gasteiger partial charge is 0.128 e. The van der Waals surface area contributed by atoms with Gasteiger partial charge in [-0.25, -0.2) is 4.98 Å². The molecule has 0 saturated carbocycles. The van der Waals surface area contributed by atoms with Crippen molar-refractivity contribution in [2.75, 3.05) is 12.8 Å². The number of hydrogen-bond acceptors (Lipinski definition) is 4. The van der Waals surface area contributed by atoms with Crippen LogP contribution < -0.4 is 11.5 Å². The number of ether oxygens (including phenoxy) is 1. The van der Waals surface area contributed by atoms with Crippen LogP contribution in [0.15, 0.2) is 12.3 Å². The second kappa shape index (κ2) is 5.09. The monoisotopic (exact) mass is 209 g/mol. The van der Waals surface area contributed by atoms with E-state index in [2.05, 4.69) is 4.98 Å². The number of anilines is 1. The van der Waals surface area contributed by atoms with E-state index in [1.807, 2.05) is 19.9 Å². The standard InChI is InChI=1S/C11H19N3O/c1-4-9(15-3)10(12)8-5-7(2)6-14-11(8)13/h5-6,9-10H,4,12H2,1-3H3,(H2,13,14). The lowest BCUT2D eigenvalue weighted by atomic mass is 10.00. The van der Waals surface area contributed by atoms with Gasteiger partial charge in [0.1, 0.15) is 5.82 Å². The highest BCUT2D eigenvalue weighted by Crippen LogP contribution is 2.23. The molecule has 84 valence electrons. The predicted octanol–water partition coefficient (Wildman–Crippen LogP) is 1.40. The van der Waals surface area contributed by atoms with Crippen molar-refractivity contribution in [3.05, 3.63) is 23.4 Å². The van der Waals surface area contributed by atoms with Crippen LogP contribution >= 0.6 is 0 Å². The zero-order chi connectivity index (χ0) is 11.4. The van der Waals surface area contributed by atoms with Crippen molar-refractivity contribution >= 4 is 5.82 Å². The largest absolute Gasteiger partial charge is 0.383 e. The summed E-state index contributed by atoms with van der Waals surface area (Å²) in [6.07, 6.45) is 2.57. The van der Waals surface area contributed by atoms with Gasteiger partial charge < -0.3 is 16.2 Å². The maximum Gasteiger partial charge on any atom is 0.128 e. The number of hydrogen-bond donors (Lipinski definition) is 2. The van der Waals surface area contributed by atoms with Crippen LogP contribution in [0.1, 0.15) is 30.5 Å². The molecule has 4 N–H and O–H groups in total. The minimum Gasteiger partial charge on any atom is -0.383 e. The Morgan fingerprint density at radius 2 is 2.20 bits per heavy atom. The van der Waals surface area contributed by atoms with Crippen LogP contribution in [0.25, 0.3) is 0 Å². The Labute approximate surface area is 90.6 Å². The van der Waals surface area contributed by atoms with Gasteiger partial charge in [-0.3, -0.25) is 0 Å². The quantitative estimate of drug-likeness (QED) is 0.786. The van der Waals surface area contributed by atoms with E-state index >= 15 is 0 Å². The molecule has 0 radical (unpaired) electrons. The summed E-state index contributed by atoms with van der Waals surface area (Å²) in [7, 11) is 1.66. The Kier molecular flexibility index (Phi) is 4.05. The van der Waals surface area contributed by atoms with Crippen LogP contribution in [-0.4, -0.2) is 18.2 Å².